The molecule has 0 saturated carbocycles. The third-order valence-electron chi connectivity index (χ3n) is 3.21. The van der Waals surface area contributed by atoms with E-state index in [-0.39, 0.29) is 5.97 Å². The zero-order chi connectivity index (χ0) is 15.2. The van der Waals surface area contributed by atoms with Gasteiger partial charge in [-0.2, -0.15) is 0 Å². The van der Waals surface area contributed by atoms with Crippen LogP contribution in [0.25, 0.3) is 0 Å². The Labute approximate surface area is 126 Å². The number of anilines is 1. The molecule has 1 unspecified atom stereocenters. The molecule has 0 radical (unpaired) electrons. The normalized spacial score (nSPS) is 13.9. The second-order valence-corrected chi connectivity index (χ2v) is 6.05. The smallest absolute Gasteiger partial charge is 0.331 e. The summed E-state index contributed by atoms with van der Waals surface area (Å²) in [6, 6.07) is 7.35. The molecular weight excluding hydrogens is 274 g/mol. The Morgan fingerprint density at radius 2 is 1.95 bits per heavy atom. The first-order valence-corrected chi connectivity index (χ1v) is 7.46. The van der Waals surface area contributed by atoms with E-state index in [0.29, 0.717) is 17.5 Å². The van der Waals surface area contributed by atoms with E-state index in [1.165, 1.54) is 0 Å². The van der Waals surface area contributed by atoms with E-state index in [1.807, 2.05) is 26.0 Å². The molecule has 4 heteroatoms. The van der Waals surface area contributed by atoms with Gasteiger partial charge in [-0.3, -0.25) is 0 Å². The summed E-state index contributed by atoms with van der Waals surface area (Å²) in [4.78, 5) is 12.2. The Balaban J connectivity index is 2.85. The number of carbonyl (C=O) groups excluding carboxylic acids is 1. The summed E-state index contributed by atoms with van der Waals surface area (Å²) >= 11 is 5.88. The zero-order valence-corrected chi connectivity index (χ0v) is 13.5. The van der Waals surface area contributed by atoms with Crippen LogP contribution in [0.1, 0.15) is 40.5 Å². The first kappa shape index (κ1) is 16.8. The van der Waals surface area contributed by atoms with Crippen LogP contribution in [0.4, 0.5) is 5.69 Å². The molecule has 20 heavy (non-hydrogen) atoms. The summed E-state index contributed by atoms with van der Waals surface area (Å²) in [5.41, 5.74) is 0.155. The number of rotatable bonds is 7. The van der Waals surface area contributed by atoms with E-state index in [0.717, 1.165) is 18.5 Å². The molecule has 0 fully saturated rings. The monoisotopic (exact) mass is 297 g/mol. The second-order valence-electron chi connectivity index (χ2n) is 5.62. The van der Waals surface area contributed by atoms with Crippen LogP contribution in [0.3, 0.4) is 0 Å². The van der Waals surface area contributed by atoms with Gasteiger partial charge in [0.1, 0.15) is 5.54 Å². The highest BCUT2D eigenvalue weighted by Gasteiger charge is 2.34. The van der Waals surface area contributed by atoms with Gasteiger partial charge in [0.15, 0.2) is 0 Å². The average molecular weight is 298 g/mol. The van der Waals surface area contributed by atoms with E-state index < -0.39 is 5.54 Å². The minimum Gasteiger partial charge on any atom is -0.464 e. The average Bonchev–Trinajstić information content (AvgIpc) is 2.39. The molecule has 0 aliphatic heterocycles. The van der Waals surface area contributed by atoms with Crippen molar-refractivity contribution in [1.29, 1.82) is 0 Å². The molecule has 1 rings (SSSR count). The van der Waals surface area contributed by atoms with Crippen LogP contribution in [-0.2, 0) is 9.53 Å². The molecule has 3 nitrogen and oxygen atoms in total. The molecule has 0 heterocycles. The van der Waals surface area contributed by atoms with Crippen LogP contribution in [0.15, 0.2) is 24.3 Å². The number of hydrogen-bond acceptors (Lipinski definition) is 3. The standard InChI is InChI=1S/C16H24ClNO2/c1-5-20-15(19)16(4,11-10-12(2)3)18-14-8-6-13(17)7-9-14/h6-9,12,18H,5,10-11H2,1-4H3. The van der Waals surface area contributed by atoms with Crippen LogP contribution in [0.5, 0.6) is 0 Å². The molecule has 0 aliphatic carbocycles. The lowest BCUT2D eigenvalue weighted by Crippen LogP contribution is -2.45. The molecule has 0 amide bonds. The van der Waals surface area contributed by atoms with Gasteiger partial charge in [0.2, 0.25) is 0 Å². The molecule has 1 N–H and O–H groups in total. The maximum Gasteiger partial charge on any atom is 0.331 e. The lowest BCUT2D eigenvalue weighted by molar-refractivity contribution is -0.148. The van der Waals surface area contributed by atoms with Crippen LogP contribution < -0.4 is 5.32 Å². The molecule has 1 aromatic rings. The summed E-state index contributed by atoms with van der Waals surface area (Å²) in [5, 5.41) is 3.97. The SMILES string of the molecule is CCOC(=O)C(C)(CCC(C)C)Nc1ccc(Cl)cc1. The third-order valence-corrected chi connectivity index (χ3v) is 3.46. The van der Waals surface area contributed by atoms with Gasteiger partial charge in [-0.25, -0.2) is 4.79 Å². The molecule has 112 valence electrons. The summed E-state index contributed by atoms with van der Waals surface area (Å²) in [5.74, 6) is 0.325. The first-order chi connectivity index (χ1) is 9.37. The molecule has 0 spiro atoms. The summed E-state index contributed by atoms with van der Waals surface area (Å²) in [6.07, 6.45) is 1.68. The van der Waals surface area contributed by atoms with Crippen molar-refractivity contribution in [2.24, 2.45) is 5.92 Å². The molecule has 0 bridgehead atoms. The van der Waals surface area contributed by atoms with E-state index >= 15 is 0 Å². The number of benzene rings is 1. The fraction of sp³-hybridized carbons (Fsp3) is 0.562. The predicted octanol–water partition coefficient (Wildman–Crippen LogP) is 4.51. The minimum atomic E-state index is -0.714. The topological polar surface area (TPSA) is 38.3 Å². The van der Waals surface area contributed by atoms with Gasteiger partial charge in [0, 0.05) is 10.7 Å². The van der Waals surface area contributed by atoms with Crippen LogP contribution in [-0.4, -0.2) is 18.1 Å². The van der Waals surface area contributed by atoms with E-state index in [4.69, 9.17) is 16.3 Å². The molecule has 0 aromatic heterocycles. The van der Waals surface area contributed by atoms with Crippen LogP contribution >= 0.6 is 11.6 Å². The van der Waals surface area contributed by atoms with Gasteiger partial charge >= 0.3 is 5.97 Å². The van der Waals surface area contributed by atoms with Gasteiger partial charge in [-0.15, -0.1) is 0 Å². The summed E-state index contributed by atoms with van der Waals surface area (Å²) in [6.45, 7) is 8.39. The van der Waals surface area contributed by atoms with Gasteiger partial charge in [-0.1, -0.05) is 25.4 Å². The van der Waals surface area contributed by atoms with Crippen molar-refractivity contribution in [3.05, 3.63) is 29.3 Å². The van der Waals surface area contributed by atoms with Crippen molar-refractivity contribution in [3.63, 3.8) is 0 Å². The molecule has 0 aliphatic rings. The maximum absolute atomic E-state index is 12.2. The highest BCUT2D eigenvalue weighted by atomic mass is 35.5. The Hall–Kier alpha value is -1.22. The Morgan fingerprint density at radius 3 is 2.45 bits per heavy atom. The quantitative estimate of drug-likeness (QED) is 0.753. The second kappa shape index (κ2) is 7.53. The van der Waals surface area contributed by atoms with Crippen LogP contribution in [0, 0.1) is 5.92 Å². The van der Waals surface area contributed by atoms with Crippen molar-refractivity contribution < 1.29 is 9.53 Å². The minimum absolute atomic E-state index is 0.212. The fourth-order valence-electron chi connectivity index (χ4n) is 1.94. The zero-order valence-electron chi connectivity index (χ0n) is 12.7. The van der Waals surface area contributed by atoms with Gasteiger partial charge in [-0.05, 0) is 56.9 Å². The lowest BCUT2D eigenvalue weighted by Gasteiger charge is -2.30. The van der Waals surface area contributed by atoms with Gasteiger partial charge < -0.3 is 10.1 Å². The molecule has 1 aromatic carbocycles. The summed E-state index contributed by atoms with van der Waals surface area (Å²) in [7, 11) is 0. The van der Waals surface area contributed by atoms with E-state index in [9.17, 15) is 4.79 Å². The number of carbonyl (C=O) groups is 1. The number of esters is 1. The Kier molecular flexibility index (Phi) is 6.34. The fourth-order valence-corrected chi connectivity index (χ4v) is 2.06. The first-order valence-electron chi connectivity index (χ1n) is 7.08. The number of hydrogen-bond donors (Lipinski definition) is 1. The predicted molar refractivity (Wildman–Crippen MR) is 84.2 cm³/mol. The summed E-state index contributed by atoms with van der Waals surface area (Å²) < 4.78 is 5.21. The van der Waals surface area contributed by atoms with Crippen molar-refractivity contribution in [2.75, 3.05) is 11.9 Å². The Morgan fingerprint density at radius 1 is 1.35 bits per heavy atom. The van der Waals surface area contributed by atoms with Gasteiger partial charge in [0.25, 0.3) is 0 Å². The highest BCUT2D eigenvalue weighted by Crippen LogP contribution is 2.25. The van der Waals surface area contributed by atoms with Crippen molar-refractivity contribution in [1.82, 2.24) is 0 Å². The molecular formula is C16H24ClNO2. The van der Waals surface area contributed by atoms with Crippen LogP contribution in [0.2, 0.25) is 5.02 Å². The van der Waals surface area contributed by atoms with Crippen molar-refractivity contribution in [2.45, 2.75) is 46.1 Å². The lowest BCUT2D eigenvalue weighted by atomic mass is 9.91. The Bertz CT molecular complexity index is 431. The number of halogens is 1. The third kappa shape index (κ3) is 5.04. The van der Waals surface area contributed by atoms with Crippen molar-refractivity contribution in [3.8, 4) is 0 Å². The number of ether oxygens (including phenoxy) is 1. The molecule has 1 atom stereocenters. The van der Waals surface area contributed by atoms with E-state index in [1.54, 1.807) is 12.1 Å². The van der Waals surface area contributed by atoms with Crippen molar-refractivity contribution >= 4 is 23.3 Å². The molecule has 0 saturated heterocycles. The maximum atomic E-state index is 12.2. The largest absolute Gasteiger partial charge is 0.464 e. The van der Waals surface area contributed by atoms with Gasteiger partial charge in [0.05, 0.1) is 6.61 Å². The number of nitrogens with one attached hydrogen (secondary N) is 1. The highest BCUT2D eigenvalue weighted by molar-refractivity contribution is 6.30. The van der Waals surface area contributed by atoms with E-state index in [2.05, 4.69) is 19.2 Å².